The van der Waals surface area contributed by atoms with E-state index in [4.69, 9.17) is 0 Å². The van der Waals surface area contributed by atoms with E-state index in [1.54, 1.807) is 19.2 Å². The highest BCUT2D eigenvalue weighted by atomic mass is 16.1. The van der Waals surface area contributed by atoms with Crippen molar-refractivity contribution in [3.05, 3.63) is 53.6 Å². The molecule has 1 N–H and O–H groups in total. The average molecular weight is 227 g/mol. The Kier molecular flexibility index (Phi) is 3.14. The molecule has 0 aliphatic carbocycles. The minimum Gasteiger partial charge on any atom is -0.321 e. The molecule has 0 bridgehead atoms. The largest absolute Gasteiger partial charge is 0.321 e. The molecule has 0 spiro atoms. The normalized spacial score (nSPS) is 10.0. The fourth-order valence-corrected chi connectivity index (χ4v) is 1.41. The van der Waals surface area contributed by atoms with Gasteiger partial charge in [-0.1, -0.05) is 17.7 Å². The molecule has 1 heterocycles. The van der Waals surface area contributed by atoms with Crippen LogP contribution in [0.15, 0.2) is 36.5 Å². The van der Waals surface area contributed by atoms with E-state index in [0.717, 1.165) is 11.3 Å². The van der Waals surface area contributed by atoms with Crippen LogP contribution in [0.2, 0.25) is 0 Å². The van der Waals surface area contributed by atoms with E-state index >= 15 is 0 Å². The molecule has 0 unspecified atom stereocenters. The minimum atomic E-state index is -0.223. The Balaban J connectivity index is 2.14. The summed E-state index contributed by atoms with van der Waals surface area (Å²) in [6.07, 6.45) is 1.58. The molecule has 17 heavy (non-hydrogen) atoms. The molecule has 1 aromatic heterocycles. The van der Waals surface area contributed by atoms with Crippen LogP contribution in [0.5, 0.6) is 0 Å². The lowest BCUT2D eigenvalue weighted by Gasteiger charge is -2.05. The molecule has 86 valence electrons. The Labute approximate surface area is 99.7 Å². The van der Waals surface area contributed by atoms with Crippen LogP contribution >= 0.6 is 0 Å². The van der Waals surface area contributed by atoms with Crippen molar-refractivity contribution in [1.29, 1.82) is 0 Å². The quantitative estimate of drug-likeness (QED) is 0.856. The molecule has 0 radical (unpaired) electrons. The van der Waals surface area contributed by atoms with Gasteiger partial charge in [-0.3, -0.25) is 4.79 Å². The lowest BCUT2D eigenvalue weighted by molar-refractivity contribution is 0.102. The Hall–Kier alpha value is -2.23. The molecule has 4 nitrogen and oxygen atoms in total. The zero-order valence-electron chi connectivity index (χ0n) is 9.77. The van der Waals surface area contributed by atoms with Crippen LogP contribution in [-0.4, -0.2) is 15.9 Å². The molecule has 0 aliphatic heterocycles. The van der Waals surface area contributed by atoms with E-state index in [1.165, 1.54) is 0 Å². The maximum atomic E-state index is 11.8. The molecule has 4 heteroatoms. The lowest BCUT2D eigenvalue weighted by atomic mass is 10.2. The number of hydrogen-bond acceptors (Lipinski definition) is 3. The van der Waals surface area contributed by atoms with Crippen molar-refractivity contribution in [1.82, 2.24) is 9.97 Å². The summed E-state index contributed by atoms with van der Waals surface area (Å²) >= 11 is 0. The van der Waals surface area contributed by atoms with Crippen molar-refractivity contribution in [3.63, 3.8) is 0 Å². The molecule has 0 aliphatic rings. The van der Waals surface area contributed by atoms with Crippen LogP contribution in [0, 0.1) is 13.8 Å². The molecule has 0 fully saturated rings. The SMILES string of the molecule is Cc1ccc(NC(=O)c2ccnc(C)n2)cc1. The van der Waals surface area contributed by atoms with Crippen molar-refractivity contribution in [2.75, 3.05) is 5.32 Å². The summed E-state index contributed by atoms with van der Waals surface area (Å²) in [6, 6.07) is 9.21. The molecule has 2 aromatic rings. The Morgan fingerprint density at radius 3 is 2.47 bits per heavy atom. The highest BCUT2D eigenvalue weighted by molar-refractivity contribution is 6.02. The van der Waals surface area contributed by atoms with Gasteiger partial charge in [-0.2, -0.15) is 0 Å². The van der Waals surface area contributed by atoms with Crippen molar-refractivity contribution in [3.8, 4) is 0 Å². The van der Waals surface area contributed by atoms with Gasteiger partial charge in [0.15, 0.2) is 0 Å². The molecule has 2 rings (SSSR count). The number of aryl methyl sites for hydroxylation is 2. The topological polar surface area (TPSA) is 54.9 Å². The van der Waals surface area contributed by atoms with Crippen LogP contribution in [0.1, 0.15) is 21.9 Å². The summed E-state index contributed by atoms with van der Waals surface area (Å²) in [4.78, 5) is 19.9. The van der Waals surface area contributed by atoms with Crippen molar-refractivity contribution in [2.24, 2.45) is 0 Å². The standard InChI is InChI=1S/C13H13N3O/c1-9-3-5-11(6-4-9)16-13(17)12-7-8-14-10(2)15-12/h3-8H,1-2H3,(H,16,17). The molecule has 0 saturated carbocycles. The van der Waals surface area contributed by atoms with Crippen molar-refractivity contribution >= 4 is 11.6 Å². The maximum Gasteiger partial charge on any atom is 0.274 e. The van der Waals surface area contributed by atoms with E-state index in [0.29, 0.717) is 11.5 Å². The van der Waals surface area contributed by atoms with Gasteiger partial charge >= 0.3 is 0 Å². The number of anilines is 1. The van der Waals surface area contributed by atoms with Crippen molar-refractivity contribution < 1.29 is 4.79 Å². The Bertz CT molecular complexity index is 535. The second kappa shape index (κ2) is 4.74. The molecular formula is C13H13N3O. The number of nitrogens with one attached hydrogen (secondary N) is 1. The van der Waals surface area contributed by atoms with Gasteiger partial charge in [0.05, 0.1) is 0 Å². The summed E-state index contributed by atoms with van der Waals surface area (Å²) in [5, 5.41) is 2.78. The Morgan fingerprint density at radius 2 is 1.82 bits per heavy atom. The zero-order valence-corrected chi connectivity index (χ0v) is 9.77. The minimum absolute atomic E-state index is 0.223. The number of hydrogen-bond donors (Lipinski definition) is 1. The average Bonchev–Trinajstić information content (AvgIpc) is 2.32. The van der Waals surface area contributed by atoms with E-state index in [9.17, 15) is 4.79 Å². The smallest absolute Gasteiger partial charge is 0.274 e. The highest BCUT2D eigenvalue weighted by Gasteiger charge is 2.07. The van der Waals surface area contributed by atoms with Gasteiger partial charge < -0.3 is 5.32 Å². The predicted molar refractivity (Wildman–Crippen MR) is 65.9 cm³/mol. The number of nitrogens with zero attached hydrogens (tertiary/aromatic N) is 2. The van der Waals surface area contributed by atoms with Crippen LogP contribution in [-0.2, 0) is 0 Å². The fourth-order valence-electron chi connectivity index (χ4n) is 1.41. The third-order valence-electron chi connectivity index (χ3n) is 2.32. The van der Waals surface area contributed by atoms with Crippen LogP contribution in [0.25, 0.3) is 0 Å². The van der Waals surface area contributed by atoms with Gasteiger partial charge in [0.1, 0.15) is 11.5 Å². The number of carbonyl (C=O) groups is 1. The first kappa shape index (κ1) is 11.3. The van der Waals surface area contributed by atoms with Gasteiger partial charge in [0.25, 0.3) is 5.91 Å². The van der Waals surface area contributed by atoms with E-state index in [1.807, 2.05) is 31.2 Å². The summed E-state index contributed by atoms with van der Waals surface area (Å²) < 4.78 is 0. The first-order valence-corrected chi connectivity index (χ1v) is 5.33. The second-order valence-corrected chi connectivity index (χ2v) is 3.81. The number of carbonyl (C=O) groups excluding carboxylic acids is 1. The van der Waals surface area contributed by atoms with Crippen molar-refractivity contribution in [2.45, 2.75) is 13.8 Å². The summed E-state index contributed by atoms with van der Waals surface area (Å²) in [5.74, 6) is 0.362. The number of benzene rings is 1. The van der Waals surface area contributed by atoms with E-state index < -0.39 is 0 Å². The predicted octanol–water partition coefficient (Wildman–Crippen LogP) is 2.35. The summed E-state index contributed by atoms with van der Waals surface area (Å²) in [5.41, 5.74) is 2.29. The third kappa shape index (κ3) is 2.87. The first-order valence-electron chi connectivity index (χ1n) is 5.33. The highest BCUT2D eigenvalue weighted by Crippen LogP contribution is 2.09. The first-order chi connectivity index (χ1) is 8.15. The number of aromatic nitrogens is 2. The van der Waals surface area contributed by atoms with Crippen LogP contribution < -0.4 is 5.32 Å². The van der Waals surface area contributed by atoms with Gasteiger partial charge in [-0.05, 0) is 32.0 Å². The monoisotopic (exact) mass is 227 g/mol. The lowest BCUT2D eigenvalue weighted by Crippen LogP contribution is -2.14. The van der Waals surface area contributed by atoms with E-state index in [-0.39, 0.29) is 5.91 Å². The van der Waals surface area contributed by atoms with Gasteiger partial charge in [0, 0.05) is 11.9 Å². The summed E-state index contributed by atoms with van der Waals surface area (Å²) in [6.45, 7) is 3.75. The van der Waals surface area contributed by atoms with Gasteiger partial charge in [0.2, 0.25) is 0 Å². The van der Waals surface area contributed by atoms with E-state index in [2.05, 4.69) is 15.3 Å². The molecule has 1 aromatic carbocycles. The number of amides is 1. The maximum absolute atomic E-state index is 11.8. The van der Waals surface area contributed by atoms with Crippen LogP contribution in [0.3, 0.4) is 0 Å². The third-order valence-corrected chi connectivity index (χ3v) is 2.32. The molecule has 0 saturated heterocycles. The van der Waals surface area contributed by atoms with Gasteiger partial charge in [-0.25, -0.2) is 9.97 Å². The summed E-state index contributed by atoms with van der Waals surface area (Å²) in [7, 11) is 0. The second-order valence-electron chi connectivity index (χ2n) is 3.81. The number of rotatable bonds is 2. The Morgan fingerprint density at radius 1 is 1.12 bits per heavy atom. The molecule has 1 amide bonds. The van der Waals surface area contributed by atoms with Gasteiger partial charge in [-0.15, -0.1) is 0 Å². The fraction of sp³-hybridized carbons (Fsp3) is 0.154. The molecular weight excluding hydrogens is 214 g/mol. The molecule has 0 atom stereocenters. The zero-order chi connectivity index (χ0) is 12.3. The van der Waals surface area contributed by atoms with Crippen LogP contribution in [0.4, 0.5) is 5.69 Å².